The monoisotopic (exact) mass is 428 g/mol. The van der Waals surface area contributed by atoms with Gasteiger partial charge in [-0.1, -0.05) is 0 Å². The van der Waals surface area contributed by atoms with Crippen molar-refractivity contribution >= 4 is 5.97 Å². The molecule has 0 aliphatic heterocycles. The third kappa shape index (κ3) is 13.1. The average Bonchev–Trinajstić information content (AvgIpc) is 2.73. The first kappa shape index (κ1) is 28.1. The maximum Gasteiger partial charge on any atom is 0.338 e. The Kier molecular flexibility index (Phi) is 18.5. The van der Waals surface area contributed by atoms with Gasteiger partial charge in [0, 0.05) is 13.2 Å². The Morgan fingerprint density at radius 2 is 1.31 bits per heavy atom. The quantitative estimate of drug-likeness (QED) is 0.127. The van der Waals surface area contributed by atoms with E-state index in [0.29, 0.717) is 26.4 Å². The Morgan fingerprint density at radius 1 is 0.793 bits per heavy atom. The molecular weight excluding hydrogens is 392 g/mol. The zero-order valence-electron chi connectivity index (χ0n) is 17.2. The predicted molar refractivity (Wildman–Crippen MR) is 100 cm³/mol. The SMILES string of the molecule is CCOC(C(=O)OCCOCCOCCOCCO)C(OCC)C(O)C(O)CO. The second-order valence-corrected chi connectivity index (χ2v) is 5.76. The van der Waals surface area contributed by atoms with Gasteiger partial charge >= 0.3 is 5.97 Å². The molecule has 0 saturated heterocycles. The van der Waals surface area contributed by atoms with E-state index in [1.807, 2.05) is 0 Å². The zero-order valence-corrected chi connectivity index (χ0v) is 17.2. The van der Waals surface area contributed by atoms with Gasteiger partial charge in [0.2, 0.25) is 0 Å². The van der Waals surface area contributed by atoms with Gasteiger partial charge in [-0.05, 0) is 13.8 Å². The Balaban J connectivity index is 4.22. The van der Waals surface area contributed by atoms with Crippen LogP contribution in [0, 0.1) is 0 Å². The first-order valence-electron chi connectivity index (χ1n) is 9.74. The number of hydrogen-bond donors (Lipinski definition) is 4. The number of ether oxygens (including phenoxy) is 6. The molecule has 0 rings (SSSR count). The minimum absolute atomic E-state index is 0.0295. The minimum atomic E-state index is -1.53. The molecule has 11 heteroatoms. The van der Waals surface area contributed by atoms with E-state index in [0.717, 1.165) is 0 Å². The normalized spacial score (nSPS) is 15.7. The van der Waals surface area contributed by atoms with Crippen LogP contribution < -0.4 is 0 Å². The number of esters is 1. The fourth-order valence-corrected chi connectivity index (χ4v) is 2.25. The lowest BCUT2D eigenvalue weighted by Crippen LogP contribution is -2.51. The van der Waals surface area contributed by atoms with Gasteiger partial charge in [0.1, 0.15) is 24.9 Å². The fourth-order valence-electron chi connectivity index (χ4n) is 2.25. The van der Waals surface area contributed by atoms with Crippen molar-refractivity contribution in [3.8, 4) is 0 Å². The second-order valence-electron chi connectivity index (χ2n) is 5.76. The molecule has 0 spiro atoms. The number of aliphatic hydroxyl groups excluding tert-OH is 4. The molecule has 0 aromatic rings. The summed E-state index contributed by atoms with van der Waals surface area (Å²) in [5.74, 6) is -0.768. The van der Waals surface area contributed by atoms with E-state index in [2.05, 4.69) is 0 Å². The number of aliphatic hydroxyl groups is 4. The molecule has 4 unspecified atom stereocenters. The standard InChI is InChI=1S/C18H36O11/c1-3-27-16(15(22)14(21)13-20)17(28-4-2)18(23)29-12-11-26-10-9-25-8-7-24-6-5-19/h14-17,19-22H,3-13H2,1-2H3. The Bertz CT molecular complexity index is 383. The molecule has 0 heterocycles. The number of carbonyl (C=O) groups is 1. The van der Waals surface area contributed by atoms with Crippen molar-refractivity contribution < 1.29 is 53.6 Å². The van der Waals surface area contributed by atoms with Crippen molar-refractivity contribution in [2.24, 2.45) is 0 Å². The van der Waals surface area contributed by atoms with E-state index in [1.54, 1.807) is 13.8 Å². The molecule has 0 aliphatic rings. The molecule has 29 heavy (non-hydrogen) atoms. The van der Waals surface area contributed by atoms with Gasteiger partial charge in [0.05, 0.1) is 52.9 Å². The number of carbonyl (C=O) groups excluding carboxylic acids is 1. The van der Waals surface area contributed by atoms with Crippen molar-refractivity contribution in [1.29, 1.82) is 0 Å². The Labute approximate surface area is 171 Å². The van der Waals surface area contributed by atoms with Gasteiger partial charge in [-0.25, -0.2) is 4.79 Å². The lowest BCUT2D eigenvalue weighted by Gasteiger charge is -2.30. The zero-order chi connectivity index (χ0) is 21.9. The van der Waals surface area contributed by atoms with Crippen LogP contribution in [0.3, 0.4) is 0 Å². The van der Waals surface area contributed by atoms with Crippen LogP contribution in [0.25, 0.3) is 0 Å². The summed E-state index contributed by atoms with van der Waals surface area (Å²) in [4.78, 5) is 12.3. The average molecular weight is 428 g/mol. The van der Waals surface area contributed by atoms with Gasteiger partial charge < -0.3 is 48.8 Å². The molecule has 0 amide bonds. The van der Waals surface area contributed by atoms with Crippen molar-refractivity contribution in [2.75, 3.05) is 72.7 Å². The van der Waals surface area contributed by atoms with E-state index in [-0.39, 0.29) is 39.6 Å². The molecule has 0 radical (unpaired) electrons. The number of rotatable bonds is 20. The third-order valence-electron chi connectivity index (χ3n) is 3.61. The van der Waals surface area contributed by atoms with Crippen LogP contribution in [0.15, 0.2) is 0 Å². The molecule has 0 aliphatic carbocycles. The lowest BCUT2D eigenvalue weighted by molar-refractivity contribution is -0.186. The lowest BCUT2D eigenvalue weighted by atomic mass is 10.0. The summed E-state index contributed by atoms with van der Waals surface area (Å²) in [5, 5.41) is 37.4. The van der Waals surface area contributed by atoms with Crippen LogP contribution in [-0.2, 0) is 33.2 Å². The molecule has 174 valence electrons. The summed E-state index contributed by atoms with van der Waals surface area (Å²) in [6.45, 7) is 4.69. The van der Waals surface area contributed by atoms with E-state index in [1.165, 1.54) is 0 Å². The highest BCUT2D eigenvalue weighted by Crippen LogP contribution is 2.14. The van der Waals surface area contributed by atoms with Gasteiger partial charge in [0.15, 0.2) is 6.10 Å². The highest BCUT2D eigenvalue weighted by atomic mass is 16.6. The molecule has 0 aromatic heterocycles. The first-order chi connectivity index (χ1) is 14.0. The summed E-state index contributed by atoms with van der Waals surface area (Å²) in [5.41, 5.74) is 0. The van der Waals surface area contributed by atoms with E-state index in [9.17, 15) is 15.0 Å². The fraction of sp³-hybridized carbons (Fsp3) is 0.944. The van der Waals surface area contributed by atoms with Crippen molar-refractivity contribution in [3.05, 3.63) is 0 Å². The summed E-state index contributed by atoms with van der Waals surface area (Å²) in [7, 11) is 0. The van der Waals surface area contributed by atoms with Gasteiger partial charge in [0.25, 0.3) is 0 Å². The maximum atomic E-state index is 12.3. The summed E-state index contributed by atoms with van der Waals surface area (Å²) >= 11 is 0. The maximum absolute atomic E-state index is 12.3. The molecule has 4 atom stereocenters. The summed E-state index contributed by atoms with van der Waals surface area (Å²) in [6.07, 6.45) is -5.48. The Morgan fingerprint density at radius 3 is 1.79 bits per heavy atom. The molecule has 11 nitrogen and oxygen atoms in total. The van der Waals surface area contributed by atoms with E-state index in [4.69, 9.17) is 38.6 Å². The van der Waals surface area contributed by atoms with Gasteiger partial charge in [-0.2, -0.15) is 0 Å². The van der Waals surface area contributed by atoms with E-state index >= 15 is 0 Å². The van der Waals surface area contributed by atoms with Crippen molar-refractivity contribution in [1.82, 2.24) is 0 Å². The summed E-state index contributed by atoms with van der Waals surface area (Å²) < 4.78 is 31.4. The predicted octanol–water partition coefficient (Wildman–Crippen LogP) is -1.90. The van der Waals surface area contributed by atoms with Crippen LogP contribution in [0.5, 0.6) is 0 Å². The molecule has 0 fully saturated rings. The first-order valence-corrected chi connectivity index (χ1v) is 9.74. The topological polar surface area (TPSA) is 153 Å². The van der Waals surface area contributed by atoms with Crippen molar-refractivity contribution in [2.45, 2.75) is 38.3 Å². The highest BCUT2D eigenvalue weighted by Gasteiger charge is 2.39. The van der Waals surface area contributed by atoms with Gasteiger partial charge in [-0.15, -0.1) is 0 Å². The van der Waals surface area contributed by atoms with Crippen LogP contribution in [0.4, 0.5) is 0 Å². The molecule has 4 N–H and O–H groups in total. The molecule has 0 aromatic carbocycles. The van der Waals surface area contributed by atoms with E-state index < -0.39 is 37.0 Å². The molecular formula is C18H36O11. The summed E-state index contributed by atoms with van der Waals surface area (Å²) in [6, 6.07) is 0. The molecule has 0 saturated carbocycles. The Hall–Kier alpha value is -0.890. The van der Waals surface area contributed by atoms with Gasteiger partial charge in [-0.3, -0.25) is 0 Å². The largest absolute Gasteiger partial charge is 0.461 e. The smallest absolute Gasteiger partial charge is 0.338 e. The third-order valence-corrected chi connectivity index (χ3v) is 3.61. The van der Waals surface area contributed by atoms with Crippen molar-refractivity contribution in [3.63, 3.8) is 0 Å². The number of hydrogen-bond acceptors (Lipinski definition) is 11. The molecule has 0 bridgehead atoms. The van der Waals surface area contributed by atoms with Crippen LogP contribution in [-0.4, -0.2) is 123 Å². The van der Waals surface area contributed by atoms with Crippen LogP contribution in [0.1, 0.15) is 13.8 Å². The van der Waals surface area contributed by atoms with Crippen LogP contribution in [0.2, 0.25) is 0 Å². The minimum Gasteiger partial charge on any atom is -0.461 e. The second kappa shape index (κ2) is 19.1. The highest BCUT2D eigenvalue weighted by molar-refractivity contribution is 5.75. The van der Waals surface area contributed by atoms with Crippen LogP contribution >= 0.6 is 0 Å².